The van der Waals surface area contributed by atoms with Crippen LogP contribution in [0.2, 0.25) is 0 Å². The van der Waals surface area contributed by atoms with Crippen LogP contribution < -0.4 is 4.74 Å². The number of benzene rings is 2. The minimum atomic E-state index is -0.920. The maximum Gasteiger partial charge on any atom is 0.304 e. The molecule has 0 aromatic heterocycles. The zero-order valence-corrected chi connectivity index (χ0v) is 10.5. The van der Waals surface area contributed by atoms with Crippen molar-refractivity contribution in [3.63, 3.8) is 0 Å². The molecule has 0 atom stereocenters. The van der Waals surface area contributed by atoms with E-state index in [1.807, 2.05) is 0 Å². The van der Waals surface area contributed by atoms with E-state index in [0.29, 0.717) is 28.7 Å². The van der Waals surface area contributed by atoms with Crippen LogP contribution in [0.25, 0.3) is 11.1 Å². The molecule has 0 amide bonds. The maximum absolute atomic E-state index is 13.6. The van der Waals surface area contributed by atoms with Gasteiger partial charge in [0, 0.05) is 6.07 Å². The van der Waals surface area contributed by atoms with E-state index >= 15 is 0 Å². The van der Waals surface area contributed by atoms with Gasteiger partial charge in [0.1, 0.15) is 5.75 Å². The molecule has 0 unspecified atom stereocenters. The van der Waals surface area contributed by atoms with Gasteiger partial charge in [0.25, 0.3) is 0 Å². The molecular weight excluding hydrogens is 265 g/mol. The molecule has 0 N–H and O–H groups in total. The molecule has 0 bridgehead atoms. The first-order chi connectivity index (χ1) is 9.56. The number of hydrogen-bond donors (Lipinski definition) is 0. The van der Waals surface area contributed by atoms with Crippen LogP contribution in [0.5, 0.6) is 5.75 Å². The minimum Gasteiger partial charge on any atom is -0.496 e. The molecule has 0 aliphatic rings. The lowest BCUT2D eigenvalue weighted by Gasteiger charge is -2.07. The third-order valence-electron chi connectivity index (χ3n) is 2.83. The lowest BCUT2D eigenvalue weighted by molar-refractivity contribution is -0.387. The highest BCUT2D eigenvalue weighted by Crippen LogP contribution is 2.28. The summed E-state index contributed by atoms with van der Waals surface area (Å²) in [5.41, 5.74) is 0.752. The number of nitrogens with zero attached hydrogens (tertiary/aromatic N) is 1. The number of nitro groups is 1. The van der Waals surface area contributed by atoms with E-state index in [2.05, 4.69) is 0 Å². The number of carbonyl (C=O) groups is 1. The highest BCUT2D eigenvalue weighted by atomic mass is 19.1. The summed E-state index contributed by atoms with van der Waals surface area (Å²) >= 11 is 0. The Labute approximate surface area is 113 Å². The van der Waals surface area contributed by atoms with Gasteiger partial charge in [0.2, 0.25) is 5.82 Å². The van der Waals surface area contributed by atoms with Crippen LogP contribution in [0.3, 0.4) is 0 Å². The number of carbonyl (C=O) groups excluding carboxylic acids is 1. The summed E-state index contributed by atoms with van der Waals surface area (Å²) < 4.78 is 18.6. The van der Waals surface area contributed by atoms with Crippen LogP contribution >= 0.6 is 0 Å². The van der Waals surface area contributed by atoms with Crippen LogP contribution in [0.4, 0.5) is 10.1 Å². The predicted molar refractivity (Wildman–Crippen MR) is 70.4 cm³/mol. The number of nitro benzene ring substituents is 1. The maximum atomic E-state index is 13.6. The molecule has 102 valence electrons. The molecule has 2 aromatic rings. The van der Waals surface area contributed by atoms with E-state index < -0.39 is 16.4 Å². The molecule has 0 aliphatic carbocycles. The Hall–Kier alpha value is -2.76. The molecule has 0 saturated heterocycles. The third-order valence-corrected chi connectivity index (χ3v) is 2.83. The highest BCUT2D eigenvalue weighted by Gasteiger charge is 2.15. The Morgan fingerprint density at radius 2 is 1.85 bits per heavy atom. The molecule has 20 heavy (non-hydrogen) atoms. The van der Waals surface area contributed by atoms with Crippen molar-refractivity contribution in [2.75, 3.05) is 7.11 Å². The Morgan fingerprint density at radius 3 is 2.40 bits per heavy atom. The zero-order chi connectivity index (χ0) is 14.7. The molecule has 0 radical (unpaired) electrons. The fourth-order valence-corrected chi connectivity index (χ4v) is 1.84. The third kappa shape index (κ3) is 2.49. The molecule has 0 spiro atoms. The second-order valence-corrected chi connectivity index (χ2v) is 4.00. The van der Waals surface area contributed by atoms with Crippen molar-refractivity contribution in [2.45, 2.75) is 0 Å². The van der Waals surface area contributed by atoms with Crippen molar-refractivity contribution in [3.05, 3.63) is 57.9 Å². The molecule has 0 aliphatic heterocycles. The van der Waals surface area contributed by atoms with Crippen molar-refractivity contribution in [1.82, 2.24) is 0 Å². The second-order valence-electron chi connectivity index (χ2n) is 4.00. The molecule has 0 heterocycles. The van der Waals surface area contributed by atoms with Crippen LogP contribution in [0, 0.1) is 15.9 Å². The molecular formula is C14H10FNO4. The van der Waals surface area contributed by atoms with Gasteiger partial charge < -0.3 is 4.74 Å². The average Bonchev–Trinajstić information content (AvgIpc) is 2.45. The Balaban J connectivity index is 2.49. The molecule has 0 fully saturated rings. The van der Waals surface area contributed by atoms with E-state index in [0.717, 1.165) is 12.1 Å². The number of methoxy groups -OCH3 is 1. The van der Waals surface area contributed by atoms with Gasteiger partial charge in [-0.2, -0.15) is 4.39 Å². The van der Waals surface area contributed by atoms with Gasteiger partial charge in [0.15, 0.2) is 6.29 Å². The summed E-state index contributed by atoms with van der Waals surface area (Å²) in [4.78, 5) is 20.7. The van der Waals surface area contributed by atoms with E-state index in [-0.39, 0.29) is 0 Å². The number of halogens is 1. The van der Waals surface area contributed by atoms with Crippen molar-refractivity contribution in [3.8, 4) is 16.9 Å². The Morgan fingerprint density at radius 1 is 1.20 bits per heavy atom. The molecule has 6 heteroatoms. The summed E-state index contributed by atoms with van der Waals surface area (Å²) in [6.07, 6.45) is 0.629. The standard InChI is InChI=1S/C14H10FNO4/c1-20-14-5-3-9(6-11(14)8-17)10-2-4-13(16(18)19)12(15)7-10/h2-8H,1H3. The smallest absolute Gasteiger partial charge is 0.304 e. The summed E-state index contributed by atoms with van der Waals surface area (Å²) in [5.74, 6) is -0.512. The Kier molecular flexibility index (Phi) is 3.74. The zero-order valence-electron chi connectivity index (χ0n) is 10.5. The molecule has 0 saturated carbocycles. The SMILES string of the molecule is COc1ccc(-c2ccc([N+](=O)[O-])c(F)c2)cc1C=O. The van der Waals surface area contributed by atoms with Gasteiger partial charge in [-0.25, -0.2) is 0 Å². The van der Waals surface area contributed by atoms with Crippen molar-refractivity contribution >= 4 is 12.0 Å². The quantitative estimate of drug-likeness (QED) is 0.488. The molecule has 5 nitrogen and oxygen atoms in total. The van der Waals surface area contributed by atoms with Crippen molar-refractivity contribution < 1.29 is 18.8 Å². The van der Waals surface area contributed by atoms with E-state index in [9.17, 15) is 19.3 Å². The topological polar surface area (TPSA) is 69.4 Å². The fraction of sp³-hybridized carbons (Fsp3) is 0.0714. The predicted octanol–water partition coefficient (Wildman–Crippen LogP) is 3.22. The van der Waals surface area contributed by atoms with Gasteiger partial charge in [-0.05, 0) is 35.4 Å². The number of aldehydes is 1. The van der Waals surface area contributed by atoms with Crippen LogP contribution in [-0.2, 0) is 0 Å². The normalized spacial score (nSPS) is 10.1. The van der Waals surface area contributed by atoms with Gasteiger partial charge in [-0.1, -0.05) is 6.07 Å². The van der Waals surface area contributed by atoms with Crippen LogP contribution in [-0.4, -0.2) is 18.3 Å². The van der Waals surface area contributed by atoms with Crippen molar-refractivity contribution in [1.29, 1.82) is 0 Å². The largest absolute Gasteiger partial charge is 0.496 e. The minimum absolute atomic E-state index is 0.323. The Bertz CT molecular complexity index is 685. The van der Waals surface area contributed by atoms with Gasteiger partial charge in [0.05, 0.1) is 17.6 Å². The average molecular weight is 275 g/mol. The van der Waals surface area contributed by atoms with Gasteiger partial charge in [-0.15, -0.1) is 0 Å². The lowest BCUT2D eigenvalue weighted by atomic mass is 10.0. The van der Waals surface area contributed by atoms with E-state index in [1.54, 1.807) is 12.1 Å². The first-order valence-electron chi connectivity index (χ1n) is 5.64. The molecule has 2 aromatic carbocycles. The van der Waals surface area contributed by atoms with Crippen molar-refractivity contribution in [2.24, 2.45) is 0 Å². The monoisotopic (exact) mass is 275 g/mol. The van der Waals surface area contributed by atoms with Gasteiger partial charge in [-0.3, -0.25) is 14.9 Å². The van der Waals surface area contributed by atoms with Crippen LogP contribution in [0.15, 0.2) is 36.4 Å². The number of hydrogen-bond acceptors (Lipinski definition) is 4. The summed E-state index contributed by atoms with van der Waals surface area (Å²) in [6, 6.07) is 8.35. The summed E-state index contributed by atoms with van der Waals surface area (Å²) in [5, 5.41) is 10.6. The van der Waals surface area contributed by atoms with Gasteiger partial charge >= 0.3 is 5.69 Å². The first kappa shape index (κ1) is 13.7. The summed E-state index contributed by atoms with van der Waals surface area (Å²) in [6.45, 7) is 0. The number of rotatable bonds is 4. The second kappa shape index (κ2) is 5.48. The van der Waals surface area contributed by atoms with Crippen LogP contribution in [0.1, 0.15) is 10.4 Å². The first-order valence-corrected chi connectivity index (χ1v) is 5.64. The molecule has 2 rings (SSSR count). The highest BCUT2D eigenvalue weighted by molar-refractivity contribution is 5.83. The van der Waals surface area contributed by atoms with E-state index in [4.69, 9.17) is 4.74 Å². The lowest BCUT2D eigenvalue weighted by Crippen LogP contribution is -1.94. The van der Waals surface area contributed by atoms with E-state index in [1.165, 1.54) is 19.2 Å². The number of ether oxygens (including phenoxy) is 1. The fourth-order valence-electron chi connectivity index (χ4n) is 1.84. The summed E-state index contributed by atoms with van der Waals surface area (Å²) in [7, 11) is 1.44.